The molecule has 0 spiro atoms. The summed E-state index contributed by atoms with van der Waals surface area (Å²) in [6, 6.07) is 4.69. The molecule has 4 nitrogen and oxygen atoms in total. The number of amides is 1. The molecular weight excluding hydrogens is 275 g/mol. The van der Waals surface area contributed by atoms with E-state index in [-0.39, 0.29) is 17.7 Å². The Kier molecular flexibility index (Phi) is 3.69. The number of carboxylic acids is 1. The first kappa shape index (κ1) is 14.4. The van der Waals surface area contributed by atoms with Gasteiger partial charge < -0.3 is 10.4 Å². The van der Waals surface area contributed by atoms with E-state index in [4.69, 9.17) is 5.11 Å². The Morgan fingerprint density at radius 2 is 1.85 bits per heavy atom. The molecule has 0 unspecified atom stereocenters. The lowest BCUT2D eigenvalue weighted by Gasteiger charge is -2.07. The number of hydrogen-bond donors (Lipinski definition) is 2. The number of alkyl halides is 3. The van der Waals surface area contributed by atoms with Gasteiger partial charge in [-0.2, -0.15) is 13.2 Å². The van der Waals surface area contributed by atoms with Crippen LogP contribution in [0.5, 0.6) is 0 Å². The molecule has 1 aliphatic rings. The lowest BCUT2D eigenvalue weighted by Crippen LogP contribution is -2.30. The second-order valence-electron chi connectivity index (χ2n) is 4.68. The summed E-state index contributed by atoms with van der Waals surface area (Å²) in [5.74, 6) is -2.00. The van der Waals surface area contributed by atoms with Gasteiger partial charge in [0.25, 0.3) is 0 Å². The molecule has 0 bridgehead atoms. The molecule has 108 valence electrons. The highest BCUT2D eigenvalue weighted by Crippen LogP contribution is 2.47. The highest BCUT2D eigenvalue weighted by Gasteiger charge is 2.44. The van der Waals surface area contributed by atoms with Crippen LogP contribution in [0.4, 0.5) is 13.2 Å². The van der Waals surface area contributed by atoms with Crippen molar-refractivity contribution in [2.45, 2.75) is 18.5 Å². The van der Waals surface area contributed by atoms with Gasteiger partial charge in [-0.25, -0.2) is 0 Å². The maximum Gasteiger partial charge on any atom is 0.416 e. The van der Waals surface area contributed by atoms with Gasteiger partial charge in [-0.3, -0.25) is 9.59 Å². The van der Waals surface area contributed by atoms with Gasteiger partial charge in [0.05, 0.1) is 5.56 Å². The van der Waals surface area contributed by atoms with Crippen molar-refractivity contribution in [3.05, 3.63) is 35.4 Å². The van der Waals surface area contributed by atoms with E-state index in [0.29, 0.717) is 12.0 Å². The third-order valence-electron chi connectivity index (χ3n) is 3.21. The van der Waals surface area contributed by atoms with Gasteiger partial charge in [0.2, 0.25) is 5.91 Å². The van der Waals surface area contributed by atoms with E-state index in [1.165, 1.54) is 12.1 Å². The summed E-state index contributed by atoms with van der Waals surface area (Å²) in [5.41, 5.74) is -0.0674. The molecule has 1 aliphatic carbocycles. The van der Waals surface area contributed by atoms with Gasteiger partial charge in [0.1, 0.15) is 6.54 Å². The van der Waals surface area contributed by atoms with Gasteiger partial charge in [0, 0.05) is 5.92 Å². The van der Waals surface area contributed by atoms with E-state index in [1.54, 1.807) is 0 Å². The Balaban J connectivity index is 1.95. The molecule has 1 saturated carbocycles. The fraction of sp³-hybridized carbons (Fsp3) is 0.385. The lowest BCUT2D eigenvalue weighted by atomic mass is 10.1. The summed E-state index contributed by atoms with van der Waals surface area (Å²) in [5, 5.41) is 10.7. The molecule has 7 heteroatoms. The fourth-order valence-corrected chi connectivity index (χ4v) is 2.07. The molecule has 2 rings (SSSR count). The van der Waals surface area contributed by atoms with Crippen molar-refractivity contribution in [2.24, 2.45) is 5.92 Å². The molecule has 0 saturated heterocycles. The number of rotatable bonds is 4. The zero-order valence-corrected chi connectivity index (χ0v) is 10.3. The first-order valence-electron chi connectivity index (χ1n) is 5.95. The van der Waals surface area contributed by atoms with Crippen LogP contribution in [-0.4, -0.2) is 23.5 Å². The zero-order chi connectivity index (χ0) is 14.9. The van der Waals surface area contributed by atoms with Gasteiger partial charge in [-0.15, -0.1) is 0 Å². The number of benzene rings is 1. The van der Waals surface area contributed by atoms with E-state index in [1.807, 2.05) is 0 Å². The summed E-state index contributed by atoms with van der Waals surface area (Å²) in [6.45, 7) is -0.449. The van der Waals surface area contributed by atoms with Crippen molar-refractivity contribution < 1.29 is 27.9 Å². The standard InChI is InChI=1S/C13H12F3NO3/c14-13(15,16)8-3-1-7(2-4-8)9-5-10(9)12(20)17-6-11(18)19/h1-4,9-10H,5-6H2,(H,17,20)(H,18,19)/t9-,10+/m0/s1. The van der Waals surface area contributed by atoms with Crippen LogP contribution >= 0.6 is 0 Å². The maximum atomic E-state index is 12.4. The van der Waals surface area contributed by atoms with Gasteiger partial charge in [-0.05, 0) is 30.0 Å². The second-order valence-corrected chi connectivity index (χ2v) is 4.68. The number of carbonyl (C=O) groups is 2. The van der Waals surface area contributed by atoms with Crippen LogP contribution in [0.1, 0.15) is 23.5 Å². The first-order chi connectivity index (χ1) is 9.29. The Morgan fingerprint density at radius 1 is 1.25 bits per heavy atom. The van der Waals surface area contributed by atoms with Crippen molar-refractivity contribution >= 4 is 11.9 Å². The predicted molar refractivity (Wildman–Crippen MR) is 62.9 cm³/mol. The Labute approximate surface area is 112 Å². The van der Waals surface area contributed by atoms with E-state index in [2.05, 4.69) is 5.32 Å². The number of halogens is 3. The van der Waals surface area contributed by atoms with Crippen molar-refractivity contribution in [1.29, 1.82) is 0 Å². The molecule has 1 amide bonds. The molecule has 1 aromatic rings. The molecule has 0 aromatic heterocycles. The Hall–Kier alpha value is -2.05. The van der Waals surface area contributed by atoms with Crippen molar-refractivity contribution in [2.75, 3.05) is 6.54 Å². The Morgan fingerprint density at radius 3 is 2.35 bits per heavy atom. The van der Waals surface area contributed by atoms with Crippen molar-refractivity contribution in [1.82, 2.24) is 5.32 Å². The SMILES string of the molecule is O=C(O)CNC(=O)[C@@H]1C[C@H]1c1ccc(C(F)(F)F)cc1. The first-order valence-corrected chi connectivity index (χ1v) is 5.95. The number of nitrogens with one attached hydrogen (secondary N) is 1. The van der Waals surface area contributed by atoms with E-state index < -0.39 is 24.3 Å². The third kappa shape index (κ3) is 3.28. The predicted octanol–water partition coefficient (Wildman–Crippen LogP) is 2.01. The van der Waals surface area contributed by atoms with Crippen LogP contribution in [0, 0.1) is 5.92 Å². The minimum Gasteiger partial charge on any atom is -0.480 e. The molecular formula is C13H12F3NO3. The summed E-state index contributed by atoms with van der Waals surface area (Å²) >= 11 is 0. The minimum absolute atomic E-state index is 0.133. The van der Waals surface area contributed by atoms with Crippen LogP contribution in [0.15, 0.2) is 24.3 Å². The minimum atomic E-state index is -4.37. The lowest BCUT2D eigenvalue weighted by molar-refractivity contribution is -0.138. The van der Waals surface area contributed by atoms with E-state index in [9.17, 15) is 22.8 Å². The Bertz CT molecular complexity index is 525. The molecule has 1 fully saturated rings. The number of carbonyl (C=O) groups excluding carboxylic acids is 1. The normalized spacial score (nSPS) is 21.4. The summed E-state index contributed by atoms with van der Waals surface area (Å²) in [6.07, 6.45) is -3.85. The quantitative estimate of drug-likeness (QED) is 0.890. The molecule has 2 N–H and O–H groups in total. The highest BCUT2D eigenvalue weighted by molar-refractivity contribution is 5.85. The highest BCUT2D eigenvalue weighted by atomic mass is 19.4. The molecule has 1 aromatic carbocycles. The van der Waals surface area contributed by atoms with Crippen LogP contribution < -0.4 is 5.32 Å². The van der Waals surface area contributed by atoms with Crippen LogP contribution in [-0.2, 0) is 15.8 Å². The topological polar surface area (TPSA) is 66.4 Å². The molecule has 0 heterocycles. The van der Waals surface area contributed by atoms with Crippen molar-refractivity contribution in [3.8, 4) is 0 Å². The number of hydrogen-bond acceptors (Lipinski definition) is 2. The van der Waals surface area contributed by atoms with Crippen LogP contribution in [0.3, 0.4) is 0 Å². The average molecular weight is 287 g/mol. The maximum absolute atomic E-state index is 12.4. The third-order valence-corrected chi connectivity index (χ3v) is 3.21. The fourth-order valence-electron chi connectivity index (χ4n) is 2.07. The van der Waals surface area contributed by atoms with Crippen molar-refractivity contribution in [3.63, 3.8) is 0 Å². The van der Waals surface area contributed by atoms with E-state index in [0.717, 1.165) is 12.1 Å². The largest absolute Gasteiger partial charge is 0.480 e. The van der Waals surface area contributed by atoms with Gasteiger partial charge in [-0.1, -0.05) is 12.1 Å². The molecule has 0 aliphatic heterocycles. The zero-order valence-electron chi connectivity index (χ0n) is 10.3. The molecule has 2 atom stereocenters. The van der Waals surface area contributed by atoms with Crippen LogP contribution in [0.25, 0.3) is 0 Å². The summed E-state index contributed by atoms with van der Waals surface area (Å²) < 4.78 is 37.2. The summed E-state index contributed by atoms with van der Waals surface area (Å²) in [7, 11) is 0. The van der Waals surface area contributed by atoms with Crippen LogP contribution in [0.2, 0.25) is 0 Å². The van der Waals surface area contributed by atoms with E-state index >= 15 is 0 Å². The average Bonchev–Trinajstić information content (AvgIpc) is 3.15. The molecule has 20 heavy (non-hydrogen) atoms. The number of aliphatic carboxylic acids is 1. The second kappa shape index (κ2) is 5.15. The van der Waals surface area contributed by atoms with Gasteiger partial charge >= 0.3 is 12.1 Å². The number of carboxylic acid groups (broad SMARTS) is 1. The summed E-state index contributed by atoms with van der Waals surface area (Å²) in [4.78, 5) is 21.9. The monoisotopic (exact) mass is 287 g/mol. The van der Waals surface area contributed by atoms with Gasteiger partial charge in [0.15, 0.2) is 0 Å². The smallest absolute Gasteiger partial charge is 0.416 e. The molecule has 0 radical (unpaired) electrons.